The average molecular weight is 297 g/mol. The molecule has 0 radical (unpaired) electrons. The number of nitrogens with zero attached hydrogens (tertiary/aromatic N) is 1. The van der Waals surface area contributed by atoms with Gasteiger partial charge in [0.1, 0.15) is 0 Å². The van der Waals surface area contributed by atoms with Gasteiger partial charge in [0, 0.05) is 36.4 Å². The summed E-state index contributed by atoms with van der Waals surface area (Å²) in [5.74, 6) is 0. The summed E-state index contributed by atoms with van der Waals surface area (Å²) in [7, 11) is -3.44. The minimum Gasteiger partial charge on any atom is -0.365 e. The van der Waals surface area contributed by atoms with Crippen LogP contribution in [-0.4, -0.2) is 24.3 Å². The van der Waals surface area contributed by atoms with Crippen LogP contribution in [0.5, 0.6) is 0 Å². The van der Waals surface area contributed by atoms with Crippen molar-refractivity contribution in [1.82, 2.24) is 9.29 Å². The third-order valence-corrected chi connectivity index (χ3v) is 5.45. The van der Waals surface area contributed by atoms with Crippen LogP contribution in [0.4, 0.5) is 0 Å². The van der Waals surface area contributed by atoms with Crippen LogP contribution in [0, 0.1) is 0 Å². The van der Waals surface area contributed by atoms with E-state index in [0.717, 1.165) is 17.7 Å². The van der Waals surface area contributed by atoms with Crippen molar-refractivity contribution in [3.05, 3.63) is 52.8 Å². The summed E-state index contributed by atoms with van der Waals surface area (Å²) in [6, 6.07) is 8.22. The highest BCUT2D eigenvalue weighted by molar-refractivity contribution is 7.89. The van der Waals surface area contributed by atoms with E-state index in [1.54, 1.807) is 24.3 Å². The Morgan fingerprint density at radius 1 is 1.16 bits per heavy atom. The van der Waals surface area contributed by atoms with Crippen LogP contribution in [-0.2, 0) is 23.0 Å². The van der Waals surface area contributed by atoms with Crippen molar-refractivity contribution in [2.75, 3.05) is 6.54 Å². The lowest BCUT2D eigenvalue weighted by atomic mass is 10.1. The number of nitrogens with one attached hydrogen (secondary N) is 1. The maximum atomic E-state index is 12.5. The lowest BCUT2D eigenvalue weighted by molar-refractivity contribution is 0.390. The van der Waals surface area contributed by atoms with E-state index in [2.05, 4.69) is 4.98 Å². The van der Waals surface area contributed by atoms with Crippen LogP contribution >= 0.6 is 11.6 Å². The van der Waals surface area contributed by atoms with Crippen molar-refractivity contribution in [3.8, 4) is 0 Å². The first-order valence-electron chi connectivity index (χ1n) is 5.98. The van der Waals surface area contributed by atoms with Gasteiger partial charge in [-0.15, -0.1) is 0 Å². The molecule has 0 saturated carbocycles. The highest BCUT2D eigenvalue weighted by Gasteiger charge is 2.28. The van der Waals surface area contributed by atoms with Crippen LogP contribution in [0.2, 0.25) is 5.02 Å². The lowest BCUT2D eigenvalue weighted by Crippen LogP contribution is -2.35. The molecular weight excluding hydrogens is 284 g/mol. The third kappa shape index (κ3) is 2.29. The molecule has 19 heavy (non-hydrogen) atoms. The van der Waals surface area contributed by atoms with E-state index in [-0.39, 0.29) is 4.90 Å². The predicted molar refractivity (Wildman–Crippen MR) is 73.5 cm³/mol. The molecule has 1 aromatic heterocycles. The molecule has 0 saturated heterocycles. The van der Waals surface area contributed by atoms with Crippen LogP contribution in [0.15, 0.2) is 41.4 Å². The number of rotatable bonds is 2. The monoisotopic (exact) mass is 296 g/mol. The molecule has 0 fully saturated rings. The Morgan fingerprint density at radius 2 is 1.89 bits per heavy atom. The molecule has 1 aliphatic heterocycles. The van der Waals surface area contributed by atoms with Crippen molar-refractivity contribution < 1.29 is 8.42 Å². The topological polar surface area (TPSA) is 53.2 Å². The summed E-state index contributed by atoms with van der Waals surface area (Å²) in [4.78, 5) is 3.43. The number of fused-ring (bicyclic) bond motifs is 1. The van der Waals surface area contributed by atoms with E-state index in [4.69, 9.17) is 11.6 Å². The minimum atomic E-state index is -3.44. The average Bonchev–Trinajstić information content (AvgIpc) is 2.86. The molecule has 1 N–H and O–H groups in total. The Hall–Kier alpha value is -1.30. The summed E-state index contributed by atoms with van der Waals surface area (Å²) in [6.45, 7) is 0.919. The normalized spacial score (nSPS) is 16.3. The van der Waals surface area contributed by atoms with Gasteiger partial charge in [0.2, 0.25) is 10.0 Å². The fourth-order valence-electron chi connectivity index (χ4n) is 2.28. The molecule has 100 valence electrons. The van der Waals surface area contributed by atoms with Crippen molar-refractivity contribution in [2.45, 2.75) is 17.9 Å². The van der Waals surface area contributed by atoms with Crippen molar-refractivity contribution in [2.24, 2.45) is 0 Å². The number of sulfonamides is 1. The maximum absolute atomic E-state index is 12.5. The van der Waals surface area contributed by atoms with Gasteiger partial charge in [-0.05, 0) is 35.9 Å². The number of aromatic nitrogens is 1. The molecular formula is C13H13ClN2O2S. The lowest BCUT2D eigenvalue weighted by Gasteiger charge is -2.26. The van der Waals surface area contributed by atoms with Crippen molar-refractivity contribution in [3.63, 3.8) is 0 Å². The zero-order valence-electron chi connectivity index (χ0n) is 10.1. The Balaban J connectivity index is 1.92. The Labute approximate surface area is 117 Å². The second kappa shape index (κ2) is 4.67. The summed E-state index contributed by atoms with van der Waals surface area (Å²) >= 11 is 5.79. The van der Waals surface area contributed by atoms with Gasteiger partial charge in [-0.1, -0.05) is 11.6 Å². The van der Waals surface area contributed by atoms with Gasteiger partial charge in [-0.2, -0.15) is 4.31 Å². The highest BCUT2D eigenvalue weighted by Crippen LogP contribution is 2.24. The molecule has 0 aliphatic carbocycles. The van der Waals surface area contributed by atoms with E-state index in [9.17, 15) is 8.42 Å². The molecule has 6 heteroatoms. The summed E-state index contributed by atoms with van der Waals surface area (Å²) < 4.78 is 26.5. The van der Waals surface area contributed by atoms with Gasteiger partial charge >= 0.3 is 0 Å². The van der Waals surface area contributed by atoms with Gasteiger partial charge in [0.25, 0.3) is 0 Å². The highest BCUT2D eigenvalue weighted by atomic mass is 35.5. The largest absolute Gasteiger partial charge is 0.365 e. The Bertz CT molecular complexity index is 692. The van der Waals surface area contributed by atoms with E-state index in [0.29, 0.717) is 18.1 Å². The molecule has 0 spiro atoms. The van der Waals surface area contributed by atoms with E-state index < -0.39 is 10.0 Å². The number of H-pyrrole nitrogens is 1. The van der Waals surface area contributed by atoms with Crippen LogP contribution in [0.1, 0.15) is 11.3 Å². The number of benzene rings is 1. The molecule has 0 bridgehead atoms. The van der Waals surface area contributed by atoms with Crippen LogP contribution < -0.4 is 0 Å². The fourth-order valence-corrected chi connectivity index (χ4v) is 3.83. The second-order valence-electron chi connectivity index (χ2n) is 4.52. The third-order valence-electron chi connectivity index (χ3n) is 3.34. The molecule has 1 aromatic carbocycles. The molecule has 3 rings (SSSR count). The second-order valence-corrected chi connectivity index (χ2v) is 6.90. The quantitative estimate of drug-likeness (QED) is 0.925. The van der Waals surface area contributed by atoms with Crippen molar-refractivity contribution >= 4 is 21.6 Å². The number of hydrogen-bond acceptors (Lipinski definition) is 2. The van der Waals surface area contributed by atoms with E-state index in [1.165, 1.54) is 4.31 Å². The maximum Gasteiger partial charge on any atom is 0.243 e. The fraction of sp³-hybridized carbons (Fsp3) is 0.231. The van der Waals surface area contributed by atoms with Crippen molar-refractivity contribution in [1.29, 1.82) is 0 Å². The molecule has 0 atom stereocenters. The van der Waals surface area contributed by atoms with Gasteiger partial charge in [0.05, 0.1) is 4.90 Å². The molecule has 1 aliphatic rings. The number of aromatic amines is 1. The Morgan fingerprint density at radius 3 is 2.63 bits per heavy atom. The SMILES string of the molecule is O=S(=O)(c1ccc(Cl)cc1)N1CCc2[nH]ccc2C1. The predicted octanol–water partition coefficient (Wildman–Crippen LogP) is 2.42. The molecule has 2 heterocycles. The summed E-state index contributed by atoms with van der Waals surface area (Å²) in [5, 5.41) is 0.533. The van der Waals surface area contributed by atoms with Crippen LogP contribution in [0.3, 0.4) is 0 Å². The van der Waals surface area contributed by atoms with E-state index >= 15 is 0 Å². The number of hydrogen-bond donors (Lipinski definition) is 1. The summed E-state index contributed by atoms with van der Waals surface area (Å²) in [5.41, 5.74) is 2.17. The summed E-state index contributed by atoms with van der Waals surface area (Å²) in [6.07, 6.45) is 2.57. The van der Waals surface area contributed by atoms with Gasteiger partial charge in [0.15, 0.2) is 0 Å². The first kappa shape index (κ1) is 12.7. The van der Waals surface area contributed by atoms with Crippen LogP contribution in [0.25, 0.3) is 0 Å². The van der Waals surface area contributed by atoms with Gasteiger partial charge in [-0.3, -0.25) is 0 Å². The van der Waals surface area contributed by atoms with Gasteiger partial charge < -0.3 is 4.98 Å². The van der Waals surface area contributed by atoms with E-state index in [1.807, 2.05) is 12.3 Å². The standard InChI is InChI=1S/C13H13ClN2O2S/c14-11-1-3-12(4-2-11)19(17,18)16-8-6-13-10(9-16)5-7-15-13/h1-5,7,15H,6,8-9H2. The molecule has 0 amide bonds. The first-order valence-corrected chi connectivity index (χ1v) is 7.80. The molecule has 4 nitrogen and oxygen atoms in total. The molecule has 2 aromatic rings. The zero-order chi connectivity index (χ0) is 13.5. The Kier molecular flexibility index (Phi) is 3.12. The zero-order valence-corrected chi connectivity index (χ0v) is 11.7. The minimum absolute atomic E-state index is 0.288. The van der Waals surface area contributed by atoms with Gasteiger partial charge in [-0.25, -0.2) is 8.42 Å². The smallest absolute Gasteiger partial charge is 0.243 e. The molecule has 0 unspecified atom stereocenters. The number of halogens is 1. The first-order chi connectivity index (χ1) is 9.07.